The maximum atomic E-state index is 12.6. The van der Waals surface area contributed by atoms with Gasteiger partial charge < -0.3 is 10.6 Å². The van der Waals surface area contributed by atoms with Gasteiger partial charge in [0.25, 0.3) is 0 Å². The second-order valence-electron chi connectivity index (χ2n) is 7.04. The number of nitrogens with zero attached hydrogens (tertiary/aromatic N) is 2. The normalized spacial score (nSPS) is 16.7. The lowest BCUT2D eigenvalue weighted by Gasteiger charge is -2.35. The Balaban J connectivity index is 5.39. The van der Waals surface area contributed by atoms with Crippen molar-refractivity contribution in [1.29, 1.82) is 5.26 Å². The first-order valence-electron chi connectivity index (χ1n) is 7.46. The number of nitrogens with two attached hydrogens (primary N) is 1. The highest BCUT2D eigenvalue weighted by Crippen LogP contribution is 2.19. The first kappa shape index (κ1) is 20.9. The molecule has 3 atom stereocenters. The summed E-state index contributed by atoms with van der Waals surface area (Å²) < 4.78 is 23.5. The van der Waals surface area contributed by atoms with Gasteiger partial charge in [-0.25, -0.2) is 8.42 Å². The van der Waals surface area contributed by atoms with Crippen molar-refractivity contribution in [1.82, 2.24) is 4.90 Å². The smallest absolute Gasteiger partial charge is 0.241 e. The van der Waals surface area contributed by atoms with Crippen molar-refractivity contribution in [2.24, 2.45) is 11.7 Å². The number of amides is 1. The molecule has 0 bridgehead atoms. The van der Waals surface area contributed by atoms with E-state index in [2.05, 4.69) is 0 Å². The minimum Gasteiger partial charge on any atom is -0.323 e. The van der Waals surface area contributed by atoms with Crippen LogP contribution in [0.5, 0.6) is 0 Å². The van der Waals surface area contributed by atoms with Crippen LogP contribution in [0.3, 0.4) is 0 Å². The number of carbonyl (C=O) groups excluding carboxylic acids is 1. The van der Waals surface area contributed by atoms with Crippen molar-refractivity contribution >= 4 is 15.7 Å². The number of nitriles is 1. The summed E-state index contributed by atoms with van der Waals surface area (Å²) in [4.78, 5) is 14.0. The molecule has 7 heteroatoms. The maximum Gasteiger partial charge on any atom is 0.241 e. The monoisotopic (exact) mass is 331 g/mol. The quantitative estimate of drug-likeness (QED) is 0.790. The average molecular weight is 331 g/mol. The Bertz CT molecular complexity index is 529. The zero-order valence-electron chi connectivity index (χ0n) is 14.6. The highest BCUT2D eigenvalue weighted by molar-refractivity contribution is 7.92. The molecule has 0 rings (SSSR count). The highest BCUT2D eigenvalue weighted by atomic mass is 32.2. The van der Waals surface area contributed by atoms with Crippen molar-refractivity contribution in [3.63, 3.8) is 0 Å². The molecule has 128 valence electrons. The molecule has 0 aliphatic carbocycles. The van der Waals surface area contributed by atoms with Crippen molar-refractivity contribution in [2.75, 3.05) is 5.75 Å². The molecule has 0 spiro atoms. The van der Waals surface area contributed by atoms with Crippen LogP contribution < -0.4 is 5.73 Å². The Morgan fingerprint density at radius 1 is 1.23 bits per heavy atom. The third kappa shape index (κ3) is 4.96. The SMILES string of the molecule is CC(C)[C@H](C)N(C(=O)[C@@H](N)CS(=O)(=O)C(C)(C)C)[C@@H](C)C#N. The molecule has 0 aliphatic heterocycles. The fourth-order valence-corrected chi connectivity index (χ4v) is 2.99. The van der Waals surface area contributed by atoms with E-state index in [1.54, 1.807) is 27.7 Å². The highest BCUT2D eigenvalue weighted by Gasteiger charge is 2.36. The summed E-state index contributed by atoms with van der Waals surface area (Å²) in [6.45, 7) is 12.0. The molecular weight excluding hydrogens is 302 g/mol. The van der Waals surface area contributed by atoms with E-state index in [1.807, 2.05) is 26.8 Å². The molecule has 0 heterocycles. The Kier molecular flexibility index (Phi) is 7.04. The van der Waals surface area contributed by atoms with Crippen molar-refractivity contribution in [3.8, 4) is 6.07 Å². The largest absolute Gasteiger partial charge is 0.323 e. The Morgan fingerprint density at radius 3 is 2.00 bits per heavy atom. The van der Waals surface area contributed by atoms with Crippen LogP contribution in [0.2, 0.25) is 0 Å². The molecule has 0 saturated heterocycles. The molecular formula is C15H29N3O3S. The molecule has 2 N–H and O–H groups in total. The summed E-state index contributed by atoms with van der Waals surface area (Å²) in [6, 6.07) is 0.00201. The Hall–Kier alpha value is -1.13. The number of hydrogen-bond acceptors (Lipinski definition) is 5. The number of rotatable bonds is 6. The molecule has 0 radical (unpaired) electrons. The second-order valence-corrected chi connectivity index (χ2v) is 9.82. The number of hydrogen-bond donors (Lipinski definition) is 1. The van der Waals surface area contributed by atoms with Gasteiger partial charge >= 0.3 is 0 Å². The Morgan fingerprint density at radius 2 is 1.68 bits per heavy atom. The zero-order chi connectivity index (χ0) is 17.9. The number of sulfone groups is 1. The first-order chi connectivity index (χ1) is 9.76. The van der Waals surface area contributed by atoms with Gasteiger partial charge in [0.1, 0.15) is 6.04 Å². The van der Waals surface area contributed by atoms with Crippen LogP contribution in [0.25, 0.3) is 0 Å². The van der Waals surface area contributed by atoms with Crippen LogP contribution in [-0.4, -0.2) is 47.9 Å². The van der Waals surface area contributed by atoms with Crippen LogP contribution >= 0.6 is 0 Å². The molecule has 0 saturated carbocycles. The molecule has 22 heavy (non-hydrogen) atoms. The van der Waals surface area contributed by atoms with Gasteiger partial charge in [-0.1, -0.05) is 13.8 Å². The summed E-state index contributed by atoms with van der Waals surface area (Å²) in [6.07, 6.45) is 0. The molecule has 0 aromatic carbocycles. The summed E-state index contributed by atoms with van der Waals surface area (Å²) in [5.41, 5.74) is 5.85. The van der Waals surface area contributed by atoms with Crippen LogP contribution in [0.4, 0.5) is 0 Å². The van der Waals surface area contributed by atoms with E-state index in [4.69, 9.17) is 11.0 Å². The van der Waals surface area contributed by atoms with E-state index < -0.39 is 38.3 Å². The number of carbonyl (C=O) groups is 1. The van der Waals surface area contributed by atoms with Gasteiger partial charge in [0.2, 0.25) is 5.91 Å². The average Bonchev–Trinajstić information content (AvgIpc) is 2.36. The van der Waals surface area contributed by atoms with E-state index in [1.165, 1.54) is 4.90 Å². The van der Waals surface area contributed by atoms with Crippen molar-refractivity contribution in [3.05, 3.63) is 0 Å². The van der Waals surface area contributed by atoms with Gasteiger partial charge in [0.05, 0.1) is 22.6 Å². The molecule has 0 aromatic rings. The van der Waals surface area contributed by atoms with Gasteiger partial charge in [0.15, 0.2) is 9.84 Å². The standard InChI is InChI=1S/C15H29N3O3S/c1-10(2)12(4)18(11(3)8-16)14(19)13(17)9-22(20,21)15(5,6)7/h10-13H,9,17H2,1-7H3/t11-,12-,13-/m0/s1. The predicted octanol–water partition coefficient (Wildman–Crippen LogP) is 1.31. The van der Waals surface area contributed by atoms with Gasteiger partial charge in [-0.05, 0) is 40.5 Å². The van der Waals surface area contributed by atoms with Crippen LogP contribution in [0.1, 0.15) is 48.5 Å². The van der Waals surface area contributed by atoms with E-state index in [0.717, 1.165) is 0 Å². The molecule has 0 fully saturated rings. The van der Waals surface area contributed by atoms with E-state index in [-0.39, 0.29) is 12.0 Å². The topological polar surface area (TPSA) is 104 Å². The Labute approximate surface area is 134 Å². The van der Waals surface area contributed by atoms with E-state index in [0.29, 0.717) is 0 Å². The van der Waals surface area contributed by atoms with Gasteiger partial charge in [-0.3, -0.25) is 4.79 Å². The fourth-order valence-electron chi connectivity index (χ4n) is 1.88. The summed E-state index contributed by atoms with van der Waals surface area (Å²) >= 11 is 0. The lowest BCUT2D eigenvalue weighted by molar-refractivity contribution is -0.136. The minimum absolute atomic E-state index is 0.131. The molecule has 0 unspecified atom stereocenters. The van der Waals surface area contributed by atoms with Crippen molar-refractivity contribution < 1.29 is 13.2 Å². The van der Waals surface area contributed by atoms with Gasteiger partial charge in [-0.15, -0.1) is 0 Å². The van der Waals surface area contributed by atoms with Gasteiger partial charge in [0, 0.05) is 6.04 Å². The lowest BCUT2D eigenvalue weighted by atomic mass is 10.0. The molecule has 0 aromatic heterocycles. The molecule has 1 amide bonds. The van der Waals surface area contributed by atoms with E-state index >= 15 is 0 Å². The zero-order valence-corrected chi connectivity index (χ0v) is 15.4. The third-order valence-corrected chi connectivity index (χ3v) is 6.58. The summed E-state index contributed by atoms with van der Waals surface area (Å²) in [5.74, 6) is -0.788. The maximum absolute atomic E-state index is 12.6. The summed E-state index contributed by atoms with van der Waals surface area (Å²) in [7, 11) is -3.51. The lowest BCUT2D eigenvalue weighted by Crippen LogP contribution is -2.55. The predicted molar refractivity (Wildman–Crippen MR) is 87.7 cm³/mol. The van der Waals surface area contributed by atoms with E-state index in [9.17, 15) is 13.2 Å². The third-order valence-electron chi connectivity index (χ3n) is 3.91. The molecule has 6 nitrogen and oxygen atoms in total. The second kappa shape index (κ2) is 7.42. The summed E-state index contributed by atoms with van der Waals surface area (Å²) in [5, 5.41) is 9.13. The van der Waals surface area contributed by atoms with Crippen LogP contribution in [-0.2, 0) is 14.6 Å². The van der Waals surface area contributed by atoms with Crippen LogP contribution in [0.15, 0.2) is 0 Å². The molecule has 0 aliphatic rings. The van der Waals surface area contributed by atoms with Gasteiger partial charge in [-0.2, -0.15) is 5.26 Å². The van der Waals surface area contributed by atoms with Crippen LogP contribution in [0, 0.1) is 17.2 Å². The first-order valence-corrected chi connectivity index (χ1v) is 9.11. The fraction of sp³-hybridized carbons (Fsp3) is 0.867. The van der Waals surface area contributed by atoms with Crippen molar-refractivity contribution in [2.45, 2.75) is 71.3 Å². The minimum atomic E-state index is -3.51.